The number of ether oxygens (including phenoxy) is 1. The highest BCUT2D eigenvalue weighted by Crippen LogP contribution is 2.26. The summed E-state index contributed by atoms with van der Waals surface area (Å²) in [5.41, 5.74) is 3.70. The van der Waals surface area contributed by atoms with E-state index >= 15 is 0 Å². The number of nitrogens with one attached hydrogen (secondary N) is 2. The lowest BCUT2D eigenvalue weighted by molar-refractivity contribution is 0.405. The summed E-state index contributed by atoms with van der Waals surface area (Å²) in [6.07, 6.45) is 0. The first-order valence-corrected chi connectivity index (χ1v) is 9.13. The zero-order valence-electron chi connectivity index (χ0n) is 15.1. The van der Waals surface area contributed by atoms with Crippen LogP contribution in [0.1, 0.15) is 42.5 Å². The van der Waals surface area contributed by atoms with Crippen LogP contribution in [0.2, 0.25) is 0 Å². The van der Waals surface area contributed by atoms with Gasteiger partial charge in [-0.15, -0.1) is 0 Å². The molecule has 1 heterocycles. The average molecular weight is 346 g/mol. The molecule has 0 bridgehead atoms. The molecule has 0 radical (unpaired) electrons. The third-order valence-corrected chi connectivity index (χ3v) is 4.82. The Morgan fingerprint density at radius 2 is 2.08 bits per heavy atom. The van der Waals surface area contributed by atoms with Crippen molar-refractivity contribution in [2.24, 2.45) is 4.99 Å². The Morgan fingerprint density at radius 3 is 2.71 bits per heavy atom. The Morgan fingerprint density at radius 1 is 1.29 bits per heavy atom. The normalized spacial score (nSPS) is 14.1. The van der Waals surface area contributed by atoms with Gasteiger partial charge in [-0.1, -0.05) is 24.6 Å². The van der Waals surface area contributed by atoms with Gasteiger partial charge >= 0.3 is 0 Å². The van der Waals surface area contributed by atoms with E-state index in [0.29, 0.717) is 5.92 Å². The van der Waals surface area contributed by atoms with Gasteiger partial charge in [0.15, 0.2) is 5.96 Å². The zero-order chi connectivity index (χ0) is 17.5. The van der Waals surface area contributed by atoms with E-state index in [1.165, 1.54) is 11.1 Å². The van der Waals surface area contributed by atoms with Gasteiger partial charge < -0.3 is 15.4 Å². The standard InChI is InChI=1S/C19H27N3OS/c1-13-6-7-18(23-5)17(10-13)15(3)22-19(20-4)21-11-14(2)16-8-9-24-12-16/h6-10,12,14-15H,11H2,1-5H3,(H2,20,21,22). The van der Waals surface area contributed by atoms with Gasteiger partial charge in [0.2, 0.25) is 0 Å². The van der Waals surface area contributed by atoms with Gasteiger partial charge in [-0.2, -0.15) is 11.3 Å². The van der Waals surface area contributed by atoms with E-state index in [1.807, 2.05) is 6.07 Å². The second kappa shape index (κ2) is 8.73. The minimum atomic E-state index is 0.0995. The van der Waals surface area contributed by atoms with Gasteiger partial charge in [0, 0.05) is 19.2 Å². The van der Waals surface area contributed by atoms with E-state index in [-0.39, 0.29) is 6.04 Å². The molecule has 24 heavy (non-hydrogen) atoms. The molecule has 0 amide bonds. The van der Waals surface area contributed by atoms with Crippen LogP contribution in [-0.2, 0) is 0 Å². The van der Waals surface area contributed by atoms with E-state index in [0.717, 1.165) is 23.8 Å². The number of rotatable bonds is 6. The van der Waals surface area contributed by atoms with Gasteiger partial charge in [-0.3, -0.25) is 4.99 Å². The molecule has 0 aliphatic heterocycles. The molecule has 1 aromatic heterocycles. The summed E-state index contributed by atoms with van der Waals surface area (Å²) in [4.78, 5) is 4.34. The number of aryl methyl sites for hydroxylation is 1. The minimum Gasteiger partial charge on any atom is -0.496 e. The molecule has 0 aliphatic carbocycles. The largest absolute Gasteiger partial charge is 0.496 e. The van der Waals surface area contributed by atoms with Crippen molar-refractivity contribution in [2.45, 2.75) is 32.7 Å². The monoisotopic (exact) mass is 345 g/mol. The molecule has 2 aromatic rings. The number of benzene rings is 1. The van der Waals surface area contributed by atoms with Gasteiger partial charge in [0.25, 0.3) is 0 Å². The molecule has 1 aromatic carbocycles. The third-order valence-electron chi connectivity index (χ3n) is 4.12. The van der Waals surface area contributed by atoms with Crippen LogP contribution in [-0.4, -0.2) is 26.7 Å². The molecule has 0 saturated heterocycles. The van der Waals surface area contributed by atoms with E-state index in [9.17, 15) is 0 Å². The minimum absolute atomic E-state index is 0.0995. The molecule has 2 atom stereocenters. The van der Waals surface area contributed by atoms with Crippen molar-refractivity contribution in [3.8, 4) is 5.75 Å². The fourth-order valence-corrected chi connectivity index (χ4v) is 3.37. The molecular weight excluding hydrogens is 318 g/mol. The number of hydrogen-bond acceptors (Lipinski definition) is 3. The maximum absolute atomic E-state index is 5.48. The first-order valence-electron chi connectivity index (χ1n) is 8.19. The lowest BCUT2D eigenvalue weighted by Gasteiger charge is -2.21. The van der Waals surface area contributed by atoms with Crippen LogP contribution in [0.4, 0.5) is 0 Å². The molecule has 4 nitrogen and oxygen atoms in total. The van der Waals surface area contributed by atoms with E-state index in [1.54, 1.807) is 25.5 Å². The number of methoxy groups -OCH3 is 1. The number of aliphatic imine (C=N–C) groups is 1. The molecule has 2 N–H and O–H groups in total. The maximum atomic E-state index is 5.48. The van der Waals surface area contributed by atoms with Crippen LogP contribution >= 0.6 is 11.3 Å². The molecular formula is C19H27N3OS. The highest BCUT2D eigenvalue weighted by molar-refractivity contribution is 7.07. The smallest absolute Gasteiger partial charge is 0.191 e. The fourth-order valence-electron chi connectivity index (χ4n) is 2.59. The quantitative estimate of drug-likeness (QED) is 0.612. The highest BCUT2D eigenvalue weighted by atomic mass is 32.1. The average Bonchev–Trinajstić information content (AvgIpc) is 3.12. The summed E-state index contributed by atoms with van der Waals surface area (Å²) in [7, 11) is 3.50. The molecule has 130 valence electrons. The summed E-state index contributed by atoms with van der Waals surface area (Å²) in [5, 5.41) is 11.2. The number of nitrogens with zero attached hydrogens (tertiary/aromatic N) is 1. The van der Waals surface area contributed by atoms with Crippen molar-refractivity contribution in [3.05, 3.63) is 51.7 Å². The summed E-state index contributed by atoms with van der Waals surface area (Å²) in [5.74, 6) is 2.13. The molecule has 5 heteroatoms. The zero-order valence-corrected chi connectivity index (χ0v) is 15.9. The van der Waals surface area contributed by atoms with E-state index in [4.69, 9.17) is 4.74 Å². The second-order valence-electron chi connectivity index (χ2n) is 6.02. The molecule has 0 aliphatic rings. The lowest BCUT2D eigenvalue weighted by atomic mass is 10.0. The van der Waals surface area contributed by atoms with E-state index < -0.39 is 0 Å². The highest BCUT2D eigenvalue weighted by Gasteiger charge is 2.14. The Labute approximate surface area is 149 Å². The maximum Gasteiger partial charge on any atom is 0.191 e. The molecule has 0 fully saturated rings. The Kier molecular flexibility index (Phi) is 6.67. The van der Waals surface area contributed by atoms with Gasteiger partial charge in [-0.25, -0.2) is 0 Å². The summed E-state index contributed by atoms with van der Waals surface area (Å²) in [6, 6.07) is 8.50. The Bertz CT molecular complexity index is 667. The Hall–Kier alpha value is -2.01. The van der Waals surface area contributed by atoms with Crippen LogP contribution in [0.15, 0.2) is 40.0 Å². The topological polar surface area (TPSA) is 45.7 Å². The number of hydrogen-bond donors (Lipinski definition) is 2. The van der Waals surface area contributed by atoms with Crippen molar-refractivity contribution < 1.29 is 4.74 Å². The van der Waals surface area contributed by atoms with Crippen molar-refractivity contribution >= 4 is 17.3 Å². The van der Waals surface area contributed by atoms with Gasteiger partial charge in [0.05, 0.1) is 13.2 Å². The summed E-state index contributed by atoms with van der Waals surface area (Å²) >= 11 is 1.73. The molecule has 0 saturated carbocycles. The van der Waals surface area contributed by atoms with Crippen molar-refractivity contribution in [2.75, 3.05) is 20.7 Å². The van der Waals surface area contributed by atoms with Gasteiger partial charge in [0.1, 0.15) is 5.75 Å². The predicted molar refractivity (Wildman–Crippen MR) is 103 cm³/mol. The summed E-state index contributed by atoms with van der Waals surface area (Å²) in [6.45, 7) is 7.27. The molecule has 2 rings (SSSR count). The van der Waals surface area contributed by atoms with Crippen LogP contribution < -0.4 is 15.4 Å². The van der Waals surface area contributed by atoms with Gasteiger partial charge in [-0.05, 0) is 48.2 Å². The molecule has 0 spiro atoms. The number of guanidine groups is 1. The van der Waals surface area contributed by atoms with Crippen LogP contribution in [0, 0.1) is 6.92 Å². The van der Waals surface area contributed by atoms with E-state index in [2.05, 4.69) is 65.4 Å². The third kappa shape index (κ3) is 4.74. The fraction of sp³-hybridized carbons (Fsp3) is 0.421. The van der Waals surface area contributed by atoms with Crippen LogP contribution in [0.5, 0.6) is 5.75 Å². The SMILES string of the molecule is CN=C(NCC(C)c1ccsc1)NC(C)c1cc(C)ccc1OC. The second-order valence-corrected chi connectivity index (χ2v) is 6.80. The first kappa shape index (κ1) is 18.3. The number of thiophene rings is 1. The van der Waals surface area contributed by atoms with Crippen molar-refractivity contribution in [1.82, 2.24) is 10.6 Å². The van der Waals surface area contributed by atoms with Crippen molar-refractivity contribution in [1.29, 1.82) is 0 Å². The Balaban J connectivity index is 1.98. The summed E-state index contributed by atoms with van der Waals surface area (Å²) < 4.78 is 5.48. The first-order chi connectivity index (χ1) is 11.5. The lowest BCUT2D eigenvalue weighted by Crippen LogP contribution is -2.40. The van der Waals surface area contributed by atoms with Crippen LogP contribution in [0.25, 0.3) is 0 Å². The van der Waals surface area contributed by atoms with Crippen molar-refractivity contribution in [3.63, 3.8) is 0 Å². The van der Waals surface area contributed by atoms with Crippen LogP contribution in [0.3, 0.4) is 0 Å². The predicted octanol–water partition coefficient (Wildman–Crippen LogP) is 4.09. The molecule has 2 unspecified atom stereocenters.